The van der Waals surface area contributed by atoms with Gasteiger partial charge >= 0.3 is 0 Å². The van der Waals surface area contributed by atoms with Gasteiger partial charge in [-0.2, -0.15) is 0 Å². The van der Waals surface area contributed by atoms with Gasteiger partial charge in [0.05, 0.1) is 32.2 Å². The standard InChI is InChI=1S/C22H25N5O3/c1-14-5-4-6-16(25-14)11-23-20-10-21(26-27(2)22(20)28)30-13-15-9-18(15)19-8-7-17(29-3)12-24-19/h4-8,10,12,15,18,23H,9,11,13H2,1-3H3. The van der Waals surface area contributed by atoms with Crippen molar-refractivity contribution in [2.75, 3.05) is 19.0 Å². The number of anilines is 1. The molecule has 0 bridgehead atoms. The van der Waals surface area contributed by atoms with Gasteiger partial charge in [-0.05, 0) is 37.6 Å². The maximum atomic E-state index is 12.4. The molecule has 2 unspecified atom stereocenters. The van der Waals surface area contributed by atoms with Crippen LogP contribution in [0.4, 0.5) is 5.69 Å². The summed E-state index contributed by atoms with van der Waals surface area (Å²) in [5, 5.41) is 7.37. The van der Waals surface area contributed by atoms with Gasteiger partial charge in [0.2, 0.25) is 5.88 Å². The summed E-state index contributed by atoms with van der Waals surface area (Å²) in [6, 6.07) is 11.4. The van der Waals surface area contributed by atoms with Gasteiger partial charge in [0, 0.05) is 36.3 Å². The second-order valence-corrected chi connectivity index (χ2v) is 7.49. The van der Waals surface area contributed by atoms with Crippen molar-refractivity contribution in [1.82, 2.24) is 19.7 Å². The molecule has 0 amide bonds. The quantitative estimate of drug-likeness (QED) is 0.614. The molecule has 1 aliphatic carbocycles. The third-order valence-electron chi connectivity index (χ3n) is 5.19. The lowest BCUT2D eigenvalue weighted by Crippen LogP contribution is -2.24. The Hall–Kier alpha value is -3.42. The normalized spacial score (nSPS) is 17.4. The second kappa shape index (κ2) is 8.52. The number of hydrogen-bond acceptors (Lipinski definition) is 7. The molecule has 3 heterocycles. The average Bonchev–Trinajstić information content (AvgIpc) is 3.53. The molecular formula is C22H25N5O3. The van der Waals surface area contributed by atoms with E-state index in [9.17, 15) is 4.79 Å². The lowest BCUT2D eigenvalue weighted by molar-refractivity contribution is 0.278. The van der Waals surface area contributed by atoms with Crippen LogP contribution in [-0.2, 0) is 13.6 Å². The van der Waals surface area contributed by atoms with Crippen LogP contribution in [0.25, 0.3) is 0 Å². The first-order chi connectivity index (χ1) is 14.5. The Morgan fingerprint density at radius 3 is 2.87 bits per heavy atom. The fraction of sp³-hybridized carbons (Fsp3) is 0.364. The summed E-state index contributed by atoms with van der Waals surface area (Å²) in [6.07, 6.45) is 2.76. The van der Waals surface area contributed by atoms with E-state index >= 15 is 0 Å². The van der Waals surface area contributed by atoms with Crippen molar-refractivity contribution in [1.29, 1.82) is 0 Å². The Bertz CT molecular complexity index is 1080. The van der Waals surface area contributed by atoms with Crippen molar-refractivity contribution in [3.8, 4) is 11.6 Å². The lowest BCUT2D eigenvalue weighted by atomic mass is 10.2. The highest BCUT2D eigenvalue weighted by molar-refractivity contribution is 5.43. The van der Waals surface area contributed by atoms with E-state index in [2.05, 4.69) is 20.4 Å². The van der Waals surface area contributed by atoms with Gasteiger partial charge in [-0.1, -0.05) is 6.07 Å². The van der Waals surface area contributed by atoms with E-state index in [1.165, 1.54) is 4.68 Å². The maximum absolute atomic E-state index is 12.4. The first kappa shape index (κ1) is 19.9. The zero-order valence-corrected chi connectivity index (χ0v) is 17.3. The Morgan fingerprint density at radius 2 is 2.13 bits per heavy atom. The van der Waals surface area contributed by atoms with Crippen LogP contribution >= 0.6 is 0 Å². The highest BCUT2D eigenvalue weighted by atomic mass is 16.5. The predicted octanol–water partition coefficient (Wildman–Crippen LogP) is 2.68. The highest BCUT2D eigenvalue weighted by Gasteiger charge is 2.40. The minimum atomic E-state index is -0.207. The van der Waals surface area contributed by atoms with E-state index in [-0.39, 0.29) is 5.56 Å². The molecule has 1 saturated carbocycles. The second-order valence-electron chi connectivity index (χ2n) is 7.49. The molecular weight excluding hydrogens is 382 g/mol. The van der Waals surface area contributed by atoms with E-state index in [0.717, 1.165) is 29.3 Å². The van der Waals surface area contributed by atoms with Gasteiger partial charge in [-0.15, -0.1) is 5.10 Å². The maximum Gasteiger partial charge on any atom is 0.290 e. The number of rotatable bonds is 8. The van der Waals surface area contributed by atoms with Crippen LogP contribution in [0, 0.1) is 12.8 Å². The van der Waals surface area contributed by atoms with Gasteiger partial charge in [-0.25, -0.2) is 4.68 Å². The molecule has 156 valence electrons. The molecule has 0 radical (unpaired) electrons. The van der Waals surface area contributed by atoms with E-state index in [4.69, 9.17) is 9.47 Å². The Morgan fingerprint density at radius 1 is 1.27 bits per heavy atom. The monoisotopic (exact) mass is 407 g/mol. The SMILES string of the molecule is COc1ccc(C2CC2COc2cc(NCc3cccc(C)n3)c(=O)n(C)n2)nc1. The van der Waals surface area contributed by atoms with Crippen LogP contribution in [0.1, 0.15) is 29.4 Å². The number of aryl methyl sites for hydroxylation is 2. The van der Waals surface area contributed by atoms with Gasteiger partial charge in [0.25, 0.3) is 5.56 Å². The number of nitrogens with zero attached hydrogens (tertiary/aromatic N) is 4. The summed E-state index contributed by atoms with van der Waals surface area (Å²) >= 11 is 0. The predicted molar refractivity (Wildman–Crippen MR) is 113 cm³/mol. The van der Waals surface area contributed by atoms with Crippen molar-refractivity contribution in [2.24, 2.45) is 13.0 Å². The Labute approximate surface area is 174 Å². The number of pyridine rings is 2. The molecule has 1 fully saturated rings. The zero-order valence-electron chi connectivity index (χ0n) is 17.3. The van der Waals surface area contributed by atoms with Crippen LogP contribution < -0.4 is 20.3 Å². The van der Waals surface area contributed by atoms with Crippen LogP contribution in [-0.4, -0.2) is 33.5 Å². The van der Waals surface area contributed by atoms with Crippen LogP contribution in [0.3, 0.4) is 0 Å². The molecule has 30 heavy (non-hydrogen) atoms. The topological polar surface area (TPSA) is 91.2 Å². The largest absolute Gasteiger partial charge is 0.495 e. The first-order valence-corrected chi connectivity index (χ1v) is 9.91. The van der Waals surface area contributed by atoms with Crippen LogP contribution in [0.5, 0.6) is 11.6 Å². The number of methoxy groups -OCH3 is 1. The zero-order chi connectivity index (χ0) is 21.1. The first-order valence-electron chi connectivity index (χ1n) is 9.91. The molecule has 1 N–H and O–H groups in total. The minimum absolute atomic E-state index is 0.207. The summed E-state index contributed by atoms with van der Waals surface area (Å²) in [5.74, 6) is 1.94. The highest BCUT2D eigenvalue weighted by Crippen LogP contribution is 2.46. The van der Waals surface area contributed by atoms with Crippen LogP contribution in [0.15, 0.2) is 47.4 Å². The molecule has 1 aliphatic rings. The van der Waals surface area contributed by atoms with E-state index in [0.29, 0.717) is 36.6 Å². The molecule has 0 saturated heterocycles. The summed E-state index contributed by atoms with van der Waals surface area (Å²) in [7, 11) is 3.25. The number of aromatic nitrogens is 4. The van der Waals surface area contributed by atoms with Crippen molar-refractivity contribution in [3.63, 3.8) is 0 Å². The molecule has 4 rings (SSSR count). The molecule has 8 nitrogen and oxygen atoms in total. The third kappa shape index (κ3) is 4.59. The van der Waals surface area contributed by atoms with E-state index in [1.807, 2.05) is 37.3 Å². The van der Waals surface area contributed by atoms with Crippen molar-refractivity contribution in [3.05, 3.63) is 70.0 Å². The van der Waals surface area contributed by atoms with E-state index in [1.54, 1.807) is 26.4 Å². The number of hydrogen-bond donors (Lipinski definition) is 1. The fourth-order valence-electron chi connectivity index (χ4n) is 3.38. The van der Waals surface area contributed by atoms with Gasteiger partial charge < -0.3 is 14.8 Å². The number of nitrogens with one attached hydrogen (secondary N) is 1. The van der Waals surface area contributed by atoms with Gasteiger partial charge in [-0.3, -0.25) is 14.8 Å². The summed E-state index contributed by atoms with van der Waals surface area (Å²) < 4.78 is 12.3. The van der Waals surface area contributed by atoms with Gasteiger partial charge in [0.1, 0.15) is 11.4 Å². The average molecular weight is 407 g/mol. The Kier molecular flexibility index (Phi) is 5.65. The third-order valence-corrected chi connectivity index (χ3v) is 5.19. The summed E-state index contributed by atoms with van der Waals surface area (Å²) in [5.41, 5.74) is 3.08. The van der Waals surface area contributed by atoms with Crippen LogP contribution in [0.2, 0.25) is 0 Å². The molecule has 3 aromatic heterocycles. The molecule has 0 spiro atoms. The van der Waals surface area contributed by atoms with Crippen molar-refractivity contribution >= 4 is 5.69 Å². The molecule has 3 aromatic rings. The molecule has 2 atom stereocenters. The van der Waals surface area contributed by atoms with E-state index < -0.39 is 0 Å². The van der Waals surface area contributed by atoms with Crippen molar-refractivity contribution in [2.45, 2.75) is 25.8 Å². The van der Waals surface area contributed by atoms with Gasteiger partial charge in [0.15, 0.2) is 0 Å². The molecule has 0 aromatic carbocycles. The fourth-order valence-corrected chi connectivity index (χ4v) is 3.38. The summed E-state index contributed by atoms with van der Waals surface area (Å²) in [6.45, 7) is 2.92. The lowest BCUT2D eigenvalue weighted by Gasteiger charge is -2.11. The minimum Gasteiger partial charge on any atom is -0.495 e. The Balaban J connectivity index is 1.37. The van der Waals surface area contributed by atoms with Crippen molar-refractivity contribution < 1.29 is 9.47 Å². The number of ether oxygens (including phenoxy) is 2. The smallest absolute Gasteiger partial charge is 0.290 e. The summed E-state index contributed by atoms with van der Waals surface area (Å²) in [4.78, 5) is 21.3. The molecule has 8 heteroatoms. The molecule has 0 aliphatic heterocycles.